The first kappa shape index (κ1) is 7.08. The molecule has 0 atom stereocenters. The summed E-state index contributed by atoms with van der Waals surface area (Å²) >= 11 is 0. The Morgan fingerprint density at radius 2 is 2.38 bits per heavy atom. The van der Waals surface area contributed by atoms with E-state index in [-0.39, 0.29) is 5.83 Å². The van der Waals surface area contributed by atoms with Crippen LogP contribution in [0.4, 0.5) is 4.39 Å². The summed E-state index contributed by atoms with van der Waals surface area (Å²) in [5.74, 6) is -0.343. The van der Waals surface area contributed by atoms with Crippen LogP contribution in [0.25, 0.3) is 0 Å². The molecule has 8 heavy (non-hydrogen) atoms. The third-order valence-corrected chi connectivity index (χ3v) is 0.579. The molecular weight excluding hydrogens is 105 g/mol. The molecule has 0 radical (unpaired) electrons. The van der Waals surface area contributed by atoms with E-state index in [4.69, 9.17) is 0 Å². The Morgan fingerprint density at radius 3 is 2.75 bits per heavy atom. The first-order valence-corrected chi connectivity index (χ1v) is 2.27. The molecule has 0 unspecified atom stereocenters. The molecule has 0 rings (SSSR count). The highest BCUT2D eigenvalue weighted by Crippen LogP contribution is 1.88. The van der Waals surface area contributed by atoms with Gasteiger partial charge in [-0.2, -0.15) is 0 Å². The van der Waals surface area contributed by atoms with Crippen LogP contribution in [-0.2, 0) is 0 Å². The van der Waals surface area contributed by atoms with Gasteiger partial charge in [-0.1, -0.05) is 12.7 Å². The first-order valence-electron chi connectivity index (χ1n) is 2.27. The lowest BCUT2D eigenvalue weighted by molar-refractivity contribution is 0.684. The fraction of sp³-hybridized carbons (Fsp3) is 0.167. The smallest absolute Gasteiger partial charge is 0.137 e. The summed E-state index contributed by atoms with van der Waals surface area (Å²) in [7, 11) is 0. The predicted octanol–water partition coefficient (Wildman–Crippen LogP) is 2.07. The van der Waals surface area contributed by atoms with E-state index in [0.29, 0.717) is 0 Å². The van der Waals surface area contributed by atoms with Crippen LogP contribution in [0.1, 0.15) is 6.92 Å². The fourth-order valence-corrected chi connectivity index (χ4v) is 0.198. The molecule has 0 spiro atoms. The Balaban J connectivity index is 3.69. The second kappa shape index (κ2) is 4.24. The molecule has 0 saturated heterocycles. The average molecular weight is 113 g/mol. The first-order chi connectivity index (χ1) is 3.81. The molecule has 0 amide bonds. The summed E-state index contributed by atoms with van der Waals surface area (Å²) in [4.78, 5) is 3.44. The van der Waals surface area contributed by atoms with Gasteiger partial charge in [0.2, 0.25) is 0 Å². The van der Waals surface area contributed by atoms with E-state index in [2.05, 4.69) is 11.6 Å². The number of hydrogen-bond acceptors (Lipinski definition) is 1. The fourth-order valence-electron chi connectivity index (χ4n) is 0.198. The van der Waals surface area contributed by atoms with Gasteiger partial charge in [-0.25, -0.2) is 4.39 Å². The predicted molar refractivity (Wildman–Crippen MR) is 33.6 cm³/mol. The van der Waals surface area contributed by atoms with Gasteiger partial charge < -0.3 is 0 Å². The molecule has 0 aromatic heterocycles. The van der Waals surface area contributed by atoms with Crippen LogP contribution < -0.4 is 0 Å². The van der Waals surface area contributed by atoms with Gasteiger partial charge in [0.25, 0.3) is 0 Å². The zero-order valence-corrected chi connectivity index (χ0v) is 4.76. The maximum absolute atomic E-state index is 12.0. The topological polar surface area (TPSA) is 12.4 Å². The molecule has 0 bridgehead atoms. The van der Waals surface area contributed by atoms with E-state index < -0.39 is 0 Å². The Bertz CT molecular complexity index is 124. The van der Waals surface area contributed by atoms with Crippen molar-refractivity contribution in [3.8, 4) is 0 Å². The molecule has 0 aromatic carbocycles. The highest BCUT2D eigenvalue weighted by atomic mass is 19.1. The second-order valence-corrected chi connectivity index (χ2v) is 1.13. The van der Waals surface area contributed by atoms with Crippen molar-refractivity contribution in [2.24, 2.45) is 4.99 Å². The molecule has 0 N–H and O–H groups in total. The summed E-state index contributed by atoms with van der Waals surface area (Å²) in [6.07, 6.45) is 3.71. The molecule has 1 nitrogen and oxygen atoms in total. The molecular formula is C6H8FN. The minimum atomic E-state index is -0.343. The Kier molecular flexibility index (Phi) is 3.76. The number of halogens is 1. The molecule has 2 heteroatoms. The van der Waals surface area contributed by atoms with Gasteiger partial charge in [0.05, 0.1) is 6.21 Å². The van der Waals surface area contributed by atoms with Crippen molar-refractivity contribution in [2.75, 3.05) is 0 Å². The van der Waals surface area contributed by atoms with Crippen molar-refractivity contribution >= 4 is 6.21 Å². The van der Waals surface area contributed by atoms with Gasteiger partial charge in [0, 0.05) is 6.20 Å². The van der Waals surface area contributed by atoms with Gasteiger partial charge in [-0.3, -0.25) is 4.99 Å². The zero-order chi connectivity index (χ0) is 6.41. The van der Waals surface area contributed by atoms with Crippen LogP contribution >= 0.6 is 0 Å². The summed E-state index contributed by atoms with van der Waals surface area (Å²) in [5, 5.41) is 0. The lowest BCUT2D eigenvalue weighted by Crippen LogP contribution is -1.69. The number of nitrogens with zero attached hydrogens (tertiary/aromatic N) is 1. The highest BCUT2D eigenvalue weighted by molar-refractivity contribution is 5.75. The van der Waals surface area contributed by atoms with E-state index in [1.54, 1.807) is 6.92 Å². The lowest BCUT2D eigenvalue weighted by Gasteiger charge is -1.76. The Labute approximate surface area is 48.2 Å². The number of hydrogen-bond donors (Lipinski definition) is 0. The molecule has 0 fully saturated rings. The van der Waals surface area contributed by atoms with Gasteiger partial charge in [0.15, 0.2) is 0 Å². The minimum absolute atomic E-state index is 0.343. The maximum atomic E-state index is 12.0. The van der Waals surface area contributed by atoms with Gasteiger partial charge in [0.1, 0.15) is 5.83 Å². The largest absolute Gasteiger partial charge is 0.262 e. The number of rotatable bonds is 2. The SMILES string of the molecule is C=CN=C/C(F)=C\C. The molecule has 0 saturated carbocycles. The van der Waals surface area contributed by atoms with Crippen molar-refractivity contribution in [3.05, 3.63) is 24.7 Å². The standard InChI is InChI=1S/C6H8FN/c1-3-6(7)5-8-4-2/h3-5H,2H2,1H3/b6-3+,8-5?. The Morgan fingerprint density at radius 1 is 1.75 bits per heavy atom. The summed E-state index contributed by atoms with van der Waals surface area (Å²) < 4.78 is 12.0. The highest BCUT2D eigenvalue weighted by Gasteiger charge is 1.78. The van der Waals surface area contributed by atoms with Crippen LogP contribution in [0.5, 0.6) is 0 Å². The van der Waals surface area contributed by atoms with Crippen molar-refractivity contribution in [1.29, 1.82) is 0 Å². The van der Waals surface area contributed by atoms with Crippen molar-refractivity contribution in [2.45, 2.75) is 6.92 Å². The maximum Gasteiger partial charge on any atom is 0.137 e. The monoisotopic (exact) mass is 113 g/mol. The van der Waals surface area contributed by atoms with E-state index in [1.807, 2.05) is 0 Å². The van der Waals surface area contributed by atoms with Crippen LogP contribution in [0.2, 0.25) is 0 Å². The van der Waals surface area contributed by atoms with Gasteiger partial charge in [-0.15, -0.1) is 0 Å². The van der Waals surface area contributed by atoms with Crippen molar-refractivity contribution in [3.63, 3.8) is 0 Å². The second-order valence-electron chi connectivity index (χ2n) is 1.13. The normalized spacial score (nSPS) is 12.5. The third kappa shape index (κ3) is 3.28. The molecule has 0 aliphatic heterocycles. The minimum Gasteiger partial charge on any atom is -0.262 e. The molecule has 0 aliphatic carbocycles. The van der Waals surface area contributed by atoms with Gasteiger partial charge in [-0.05, 0) is 6.92 Å². The number of aliphatic imine (C=N–C) groups is 1. The van der Waals surface area contributed by atoms with E-state index in [0.717, 1.165) is 6.21 Å². The molecule has 0 aromatic rings. The molecule has 44 valence electrons. The quantitative estimate of drug-likeness (QED) is 0.486. The molecule has 0 aliphatic rings. The number of allylic oxidation sites excluding steroid dienone is 2. The van der Waals surface area contributed by atoms with Crippen molar-refractivity contribution < 1.29 is 4.39 Å². The van der Waals surface area contributed by atoms with Crippen LogP contribution in [0, 0.1) is 0 Å². The summed E-state index contributed by atoms with van der Waals surface area (Å²) in [5.41, 5.74) is 0. The average Bonchev–Trinajstić information content (AvgIpc) is 1.83. The summed E-state index contributed by atoms with van der Waals surface area (Å²) in [6, 6.07) is 0. The van der Waals surface area contributed by atoms with Gasteiger partial charge >= 0.3 is 0 Å². The molecule has 0 heterocycles. The summed E-state index contributed by atoms with van der Waals surface area (Å²) in [6.45, 7) is 4.88. The Hall–Kier alpha value is -0.920. The van der Waals surface area contributed by atoms with E-state index >= 15 is 0 Å². The van der Waals surface area contributed by atoms with Crippen molar-refractivity contribution in [1.82, 2.24) is 0 Å². The van der Waals surface area contributed by atoms with E-state index in [9.17, 15) is 4.39 Å². The van der Waals surface area contributed by atoms with Crippen LogP contribution in [0.3, 0.4) is 0 Å². The zero-order valence-electron chi connectivity index (χ0n) is 4.76. The lowest BCUT2D eigenvalue weighted by atomic mass is 10.5. The third-order valence-electron chi connectivity index (χ3n) is 0.579. The van der Waals surface area contributed by atoms with E-state index in [1.165, 1.54) is 12.3 Å². The van der Waals surface area contributed by atoms with Crippen LogP contribution in [0.15, 0.2) is 29.7 Å². The van der Waals surface area contributed by atoms with Crippen LogP contribution in [-0.4, -0.2) is 6.21 Å².